The monoisotopic (exact) mass is 319 g/mol. The highest BCUT2D eigenvalue weighted by Crippen LogP contribution is 2.23. The quantitative estimate of drug-likeness (QED) is 0.921. The minimum atomic E-state index is -3.05. The Balaban J connectivity index is 1.80. The minimum absolute atomic E-state index is 0.00699. The fraction of sp³-hybridized carbons (Fsp3) is 0.333. The van der Waals surface area contributed by atoms with Gasteiger partial charge in [-0.05, 0) is 31.5 Å². The van der Waals surface area contributed by atoms with Crippen molar-refractivity contribution in [3.63, 3.8) is 0 Å². The summed E-state index contributed by atoms with van der Waals surface area (Å²) in [7, 11) is -3.05. The molecule has 0 spiro atoms. The number of hydrogen-bond acceptors (Lipinski definition) is 4. The topological polar surface area (TPSA) is 81.1 Å². The highest BCUT2D eigenvalue weighted by atomic mass is 32.2. The van der Waals surface area contributed by atoms with E-state index >= 15 is 0 Å². The van der Waals surface area contributed by atoms with Gasteiger partial charge in [0.2, 0.25) is 0 Å². The van der Waals surface area contributed by atoms with Crippen molar-refractivity contribution in [1.82, 2.24) is 14.9 Å². The summed E-state index contributed by atoms with van der Waals surface area (Å²) in [5.41, 5.74) is 0.632. The number of carbonyl (C=O) groups is 1. The summed E-state index contributed by atoms with van der Waals surface area (Å²) in [6, 6.07) is 7.13. The van der Waals surface area contributed by atoms with Crippen molar-refractivity contribution >= 4 is 15.7 Å². The number of aromatic nitrogens is 2. The Labute approximate surface area is 129 Å². The van der Waals surface area contributed by atoms with Gasteiger partial charge in [0.05, 0.1) is 23.4 Å². The Hall–Kier alpha value is -2.15. The molecular weight excluding hydrogens is 302 g/mol. The third-order valence-corrected chi connectivity index (χ3v) is 5.73. The third kappa shape index (κ3) is 3.04. The molecule has 1 aromatic heterocycles. The van der Waals surface area contributed by atoms with Crippen LogP contribution in [0.15, 0.2) is 43.0 Å². The zero-order valence-electron chi connectivity index (χ0n) is 12.2. The molecule has 1 unspecified atom stereocenters. The van der Waals surface area contributed by atoms with Gasteiger partial charge in [0.1, 0.15) is 0 Å². The summed E-state index contributed by atoms with van der Waals surface area (Å²) < 4.78 is 25.0. The molecule has 0 saturated carbocycles. The molecule has 1 N–H and O–H groups in total. The average Bonchev–Trinajstić information content (AvgIpc) is 3.07. The van der Waals surface area contributed by atoms with Crippen LogP contribution < -0.4 is 5.32 Å². The van der Waals surface area contributed by atoms with Crippen molar-refractivity contribution in [3.05, 3.63) is 48.5 Å². The molecule has 1 amide bonds. The Morgan fingerprint density at radius 2 is 2.23 bits per heavy atom. The molecule has 116 valence electrons. The van der Waals surface area contributed by atoms with Crippen LogP contribution in [0.1, 0.15) is 23.7 Å². The molecule has 1 aromatic carbocycles. The minimum Gasteiger partial charge on any atom is -0.346 e. The summed E-state index contributed by atoms with van der Waals surface area (Å²) in [6.45, 7) is 1.77. The van der Waals surface area contributed by atoms with Gasteiger partial charge in [-0.3, -0.25) is 4.79 Å². The first-order valence-electron chi connectivity index (χ1n) is 6.98. The molecule has 0 bridgehead atoms. The molecule has 1 aliphatic heterocycles. The maximum atomic E-state index is 12.4. The molecule has 0 radical (unpaired) electrons. The van der Waals surface area contributed by atoms with Crippen LogP contribution in [-0.4, -0.2) is 40.9 Å². The largest absolute Gasteiger partial charge is 0.346 e. The van der Waals surface area contributed by atoms with Gasteiger partial charge in [-0.2, -0.15) is 0 Å². The van der Waals surface area contributed by atoms with Crippen LogP contribution in [0, 0.1) is 0 Å². The van der Waals surface area contributed by atoms with E-state index in [0.717, 1.165) is 5.69 Å². The maximum Gasteiger partial charge on any atom is 0.251 e. The lowest BCUT2D eigenvalue weighted by atomic mass is 10.0. The fourth-order valence-electron chi connectivity index (χ4n) is 2.67. The first-order valence-corrected chi connectivity index (χ1v) is 8.80. The van der Waals surface area contributed by atoms with Gasteiger partial charge in [0.15, 0.2) is 9.84 Å². The number of carbonyl (C=O) groups excluding carboxylic acids is 1. The smallest absolute Gasteiger partial charge is 0.251 e. The fourth-order valence-corrected chi connectivity index (χ4v) is 4.77. The number of hydrogen-bond donors (Lipinski definition) is 1. The molecule has 3 rings (SSSR count). The number of imidazole rings is 1. The summed E-state index contributed by atoms with van der Waals surface area (Å²) in [5, 5.41) is 2.86. The van der Waals surface area contributed by atoms with Crippen LogP contribution in [0.4, 0.5) is 0 Å². The van der Waals surface area contributed by atoms with Crippen molar-refractivity contribution in [2.24, 2.45) is 0 Å². The number of nitrogens with zero attached hydrogens (tertiary/aromatic N) is 2. The molecule has 2 heterocycles. The number of rotatable bonds is 3. The predicted molar refractivity (Wildman–Crippen MR) is 82.7 cm³/mol. The summed E-state index contributed by atoms with van der Waals surface area (Å²) in [6.07, 6.45) is 5.56. The molecule has 0 aliphatic carbocycles. The zero-order valence-corrected chi connectivity index (χ0v) is 13.0. The van der Waals surface area contributed by atoms with Crippen molar-refractivity contribution in [2.45, 2.75) is 18.9 Å². The number of benzene rings is 1. The molecule has 6 nitrogen and oxygen atoms in total. The van der Waals surface area contributed by atoms with Gasteiger partial charge in [-0.15, -0.1) is 0 Å². The van der Waals surface area contributed by atoms with Gasteiger partial charge in [-0.1, -0.05) is 6.07 Å². The van der Waals surface area contributed by atoms with E-state index in [-0.39, 0.29) is 17.4 Å². The summed E-state index contributed by atoms with van der Waals surface area (Å²) in [4.78, 5) is 16.4. The van der Waals surface area contributed by atoms with Gasteiger partial charge in [0, 0.05) is 23.6 Å². The lowest BCUT2D eigenvalue weighted by Crippen LogP contribution is -2.46. The second-order valence-corrected chi connectivity index (χ2v) is 8.06. The van der Waals surface area contributed by atoms with E-state index in [2.05, 4.69) is 10.3 Å². The highest BCUT2D eigenvalue weighted by molar-refractivity contribution is 7.91. The van der Waals surface area contributed by atoms with Gasteiger partial charge < -0.3 is 9.88 Å². The van der Waals surface area contributed by atoms with Crippen molar-refractivity contribution < 1.29 is 13.2 Å². The number of amides is 1. The van der Waals surface area contributed by atoms with Crippen LogP contribution in [0.25, 0.3) is 5.69 Å². The third-order valence-electron chi connectivity index (χ3n) is 3.83. The second kappa shape index (κ2) is 5.24. The average molecular weight is 319 g/mol. The highest BCUT2D eigenvalue weighted by Gasteiger charge is 2.39. The van der Waals surface area contributed by atoms with Gasteiger partial charge in [-0.25, -0.2) is 13.4 Å². The number of sulfone groups is 1. The van der Waals surface area contributed by atoms with Crippen LogP contribution in [0.5, 0.6) is 0 Å². The normalized spacial score (nSPS) is 23.3. The van der Waals surface area contributed by atoms with Gasteiger partial charge in [0.25, 0.3) is 5.91 Å². The molecule has 1 aliphatic rings. The van der Waals surface area contributed by atoms with Crippen LogP contribution in [0.2, 0.25) is 0 Å². The SMILES string of the molecule is CC1(NC(=O)c2cccc(-n3ccnc3)c2)CCS(=O)(=O)C1. The van der Waals surface area contributed by atoms with E-state index < -0.39 is 15.4 Å². The molecule has 7 heteroatoms. The van der Waals surface area contributed by atoms with E-state index in [1.807, 2.05) is 6.07 Å². The van der Waals surface area contributed by atoms with E-state index in [4.69, 9.17) is 0 Å². The Kier molecular flexibility index (Phi) is 3.52. The lowest BCUT2D eigenvalue weighted by molar-refractivity contribution is 0.0915. The Morgan fingerprint density at radius 1 is 1.41 bits per heavy atom. The van der Waals surface area contributed by atoms with E-state index in [1.54, 1.807) is 48.4 Å². The Morgan fingerprint density at radius 3 is 2.86 bits per heavy atom. The van der Waals surface area contributed by atoms with E-state index in [9.17, 15) is 13.2 Å². The first kappa shape index (κ1) is 14.8. The van der Waals surface area contributed by atoms with E-state index in [1.165, 1.54) is 0 Å². The molecule has 1 fully saturated rings. The molecule has 1 saturated heterocycles. The maximum absolute atomic E-state index is 12.4. The van der Waals surface area contributed by atoms with Crippen molar-refractivity contribution in [2.75, 3.05) is 11.5 Å². The Bertz CT molecular complexity index is 799. The van der Waals surface area contributed by atoms with Crippen molar-refractivity contribution in [1.29, 1.82) is 0 Å². The number of nitrogens with one attached hydrogen (secondary N) is 1. The molecular formula is C15H17N3O3S. The zero-order chi connectivity index (χ0) is 15.8. The molecule has 2 aromatic rings. The molecule has 1 atom stereocenters. The standard InChI is InChI=1S/C15H17N3O3S/c1-15(5-8-22(20,21)10-15)17-14(19)12-3-2-4-13(9-12)18-7-6-16-11-18/h2-4,6-7,9,11H,5,8,10H2,1H3,(H,17,19). The van der Waals surface area contributed by atoms with Crippen LogP contribution in [0.3, 0.4) is 0 Å². The molecule has 22 heavy (non-hydrogen) atoms. The van der Waals surface area contributed by atoms with Crippen molar-refractivity contribution in [3.8, 4) is 5.69 Å². The predicted octanol–water partition coefficient (Wildman–Crippen LogP) is 1.18. The summed E-state index contributed by atoms with van der Waals surface area (Å²) >= 11 is 0. The van der Waals surface area contributed by atoms with E-state index in [0.29, 0.717) is 12.0 Å². The summed E-state index contributed by atoms with van der Waals surface area (Å²) in [5.74, 6) is -0.146. The van der Waals surface area contributed by atoms with Crippen LogP contribution >= 0.6 is 0 Å². The first-order chi connectivity index (χ1) is 10.4. The van der Waals surface area contributed by atoms with Gasteiger partial charge >= 0.3 is 0 Å². The lowest BCUT2D eigenvalue weighted by Gasteiger charge is -2.24. The van der Waals surface area contributed by atoms with Crippen LogP contribution in [-0.2, 0) is 9.84 Å². The second-order valence-electron chi connectivity index (χ2n) is 5.88.